The molecule has 4 nitrogen and oxygen atoms in total. The number of amides is 1. The van der Waals surface area contributed by atoms with Crippen molar-refractivity contribution in [1.29, 1.82) is 0 Å². The minimum absolute atomic E-state index is 0.130. The van der Waals surface area contributed by atoms with Gasteiger partial charge in [-0.2, -0.15) is 0 Å². The third kappa shape index (κ3) is 3.67. The van der Waals surface area contributed by atoms with Crippen LogP contribution in [0.1, 0.15) is 47.2 Å². The number of carbonyl (C=O) groups excluding carboxylic acids is 1. The molecule has 24 heavy (non-hydrogen) atoms. The summed E-state index contributed by atoms with van der Waals surface area (Å²) in [6.45, 7) is 1.63. The van der Waals surface area contributed by atoms with Gasteiger partial charge in [0.25, 0.3) is 5.91 Å². The van der Waals surface area contributed by atoms with Crippen LogP contribution in [-0.2, 0) is 6.54 Å². The van der Waals surface area contributed by atoms with Gasteiger partial charge in [-0.15, -0.1) is 0 Å². The number of hydrogen-bond acceptors (Lipinski definition) is 3. The lowest BCUT2D eigenvalue weighted by Crippen LogP contribution is -2.32. The predicted molar refractivity (Wildman–Crippen MR) is 90.1 cm³/mol. The van der Waals surface area contributed by atoms with Gasteiger partial charge in [0.05, 0.1) is 6.54 Å². The highest BCUT2D eigenvalue weighted by Crippen LogP contribution is 2.32. The van der Waals surface area contributed by atoms with Crippen LogP contribution in [0.15, 0.2) is 40.8 Å². The molecule has 0 spiro atoms. The second-order valence-corrected chi connectivity index (χ2v) is 6.50. The summed E-state index contributed by atoms with van der Waals surface area (Å²) in [5.74, 6) is 0.813. The van der Waals surface area contributed by atoms with Gasteiger partial charge in [0.2, 0.25) is 0 Å². The Bertz CT molecular complexity index is 694. The van der Waals surface area contributed by atoms with E-state index in [2.05, 4.69) is 4.90 Å². The molecule has 5 heteroatoms. The van der Waals surface area contributed by atoms with Crippen LogP contribution < -0.4 is 0 Å². The molecule has 0 N–H and O–H groups in total. The lowest BCUT2D eigenvalue weighted by atomic mass is 9.95. The molecule has 0 saturated carbocycles. The minimum atomic E-state index is -0.209. The Balaban J connectivity index is 1.74. The van der Waals surface area contributed by atoms with E-state index in [1.54, 1.807) is 20.2 Å². The van der Waals surface area contributed by atoms with Gasteiger partial charge in [0, 0.05) is 20.1 Å². The SMILES string of the molecule is CN(C)C(=O)c1ccc(CN2CCCCC2c2ccc(F)cc2)o1. The van der Waals surface area contributed by atoms with Crippen molar-refractivity contribution in [2.45, 2.75) is 31.8 Å². The quantitative estimate of drug-likeness (QED) is 0.854. The molecule has 0 bridgehead atoms. The second-order valence-electron chi connectivity index (χ2n) is 6.50. The van der Waals surface area contributed by atoms with Crippen molar-refractivity contribution in [1.82, 2.24) is 9.80 Å². The summed E-state index contributed by atoms with van der Waals surface area (Å²) in [6.07, 6.45) is 3.36. The third-order valence-electron chi connectivity index (χ3n) is 4.51. The molecule has 1 saturated heterocycles. The van der Waals surface area contributed by atoms with E-state index in [1.165, 1.54) is 23.5 Å². The summed E-state index contributed by atoms with van der Waals surface area (Å²) in [7, 11) is 3.42. The molecule has 1 unspecified atom stereocenters. The number of piperidine rings is 1. The summed E-state index contributed by atoms with van der Waals surface area (Å²) >= 11 is 0. The van der Waals surface area contributed by atoms with Crippen molar-refractivity contribution in [3.63, 3.8) is 0 Å². The summed E-state index contributed by atoms with van der Waals surface area (Å²) in [6, 6.07) is 10.6. The van der Waals surface area contributed by atoms with Crippen LogP contribution in [0, 0.1) is 5.82 Å². The van der Waals surface area contributed by atoms with E-state index in [0.29, 0.717) is 12.3 Å². The maximum atomic E-state index is 13.2. The molecular weight excluding hydrogens is 307 g/mol. The highest BCUT2D eigenvalue weighted by Gasteiger charge is 2.25. The Kier molecular flexibility index (Phi) is 5.00. The third-order valence-corrected chi connectivity index (χ3v) is 4.51. The lowest BCUT2D eigenvalue weighted by Gasteiger charge is -2.35. The Labute approximate surface area is 141 Å². The second kappa shape index (κ2) is 7.18. The topological polar surface area (TPSA) is 36.7 Å². The van der Waals surface area contributed by atoms with Crippen molar-refractivity contribution in [2.75, 3.05) is 20.6 Å². The maximum Gasteiger partial charge on any atom is 0.289 e. The minimum Gasteiger partial charge on any atom is -0.455 e. The molecule has 3 rings (SSSR count). The highest BCUT2D eigenvalue weighted by molar-refractivity contribution is 5.91. The van der Waals surface area contributed by atoms with E-state index in [9.17, 15) is 9.18 Å². The first-order valence-electron chi connectivity index (χ1n) is 8.34. The number of hydrogen-bond donors (Lipinski definition) is 0. The van der Waals surface area contributed by atoms with Crippen LogP contribution in [0.25, 0.3) is 0 Å². The predicted octanol–water partition coefficient (Wildman–Crippen LogP) is 3.85. The molecule has 0 aliphatic carbocycles. The number of benzene rings is 1. The smallest absolute Gasteiger partial charge is 0.289 e. The first-order chi connectivity index (χ1) is 11.5. The first kappa shape index (κ1) is 16.7. The largest absolute Gasteiger partial charge is 0.455 e. The molecule has 128 valence electrons. The first-order valence-corrected chi connectivity index (χ1v) is 8.34. The number of halogens is 1. The fraction of sp³-hybridized carbons (Fsp3) is 0.421. The monoisotopic (exact) mass is 330 g/mol. The number of furan rings is 1. The van der Waals surface area contributed by atoms with Crippen molar-refractivity contribution in [2.24, 2.45) is 0 Å². The number of nitrogens with zero attached hydrogens (tertiary/aromatic N) is 2. The fourth-order valence-corrected chi connectivity index (χ4v) is 3.24. The van der Waals surface area contributed by atoms with Crippen LogP contribution in [0.2, 0.25) is 0 Å². The van der Waals surface area contributed by atoms with E-state index < -0.39 is 0 Å². The molecule has 1 amide bonds. The Morgan fingerprint density at radius 2 is 1.96 bits per heavy atom. The van der Waals surface area contributed by atoms with Crippen molar-refractivity contribution in [3.8, 4) is 0 Å². The molecule has 2 aromatic rings. The van der Waals surface area contributed by atoms with E-state index in [1.807, 2.05) is 18.2 Å². The summed E-state index contributed by atoms with van der Waals surface area (Å²) < 4.78 is 18.9. The van der Waals surface area contributed by atoms with Crippen LogP contribution in [-0.4, -0.2) is 36.3 Å². The zero-order chi connectivity index (χ0) is 17.1. The van der Waals surface area contributed by atoms with Gasteiger partial charge in [-0.1, -0.05) is 18.6 Å². The highest BCUT2D eigenvalue weighted by atomic mass is 19.1. The Morgan fingerprint density at radius 1 is 1.21 bits per heavy atom. The Hall–Kier alpha value is -2.14. The van der Waals surface area contributed by atoms with Gasteiger partial charge >= 0.3 is 0 Å². The van der Waals surface area contributed by atoms with Gasteiger partial charge in [-0.05, 0) is 49.2 Å². The summed E-state index contributed by atoms with van der Waals surface area (Å²) in [5, 5.41) is 0. The molecule has 2 heterocycles. The van der Waals surface area contributed by atoms with E-state index in [-0.39, 0.29) is 17.8 Å². The lowest BCUT2D eigenvalue weighted by molar-refractivity contribution is 0.0788. The van der Waals surface area contributed by atoms with Gasteiger partial charge < -0.3 is 9.32 Å². The molecule has 1 aromatic heterocycles. The standard InChI is InChI=1S/C19H23FN2O2/c1-21(2)19(23)18-11-10-16(24-18)13-22-12-4-3-5-17(22)14-6-8-15(20)9-7-14/h6-11,17H,3-5,12-13H2,1-2H3. The summed E-state index contributed by atoms with van der Waals surface area (Å²) in [5.41, 5.74) is 1.13. The molecule has 1 fully saturated rings. The number of likely N-dealkylation sites (tertiary alicyclic amines) is 1. The van der Waals surface area contributed by atoms with E-state index in [4.69, 9.17) is 4.42 Å². The zero-order valence-electron chi connectivity index (χ0n) is 14.2. The van der Waals surface area contributed by atoms with Crippen molar-refractivity contribution < 1.29 is 13.6 Å². The average Bonchev–Trinajstić information content (AvgIpc) is 3.04. The molecule has 1 aromatic carbocycles. The molecule has 1 atom stereocenters. The van der Waals surface area contributed by atoms with Gasteiger partial charge in [0.1, 0.15) is 11.6 Å². The van der Waals surface area contributed by atoms with E-state index in [0.717, 1.165) is 30.7 Å². The van der Waals surface area contributed by atoms with Gasteiger partial charge in [-0.25, -0.2) is 4.39 Å². The molecule has 1 aliphatic rings. The van der Waals surface area contributed by atoms with Crippen LogP contribution in [0.4, 0.5) is 4.39 Å². The normalized spacial score (nSPS) is 18.5. The molecular formula is C19H23FN2O2. The van der Waals surface area contributed by atoms with E-state index >= 15 is 0 Å². The zero-order valence-corrected chi connectivity index (χ0v) is 14.2. The summed E-state index contributed by atoms with van der Waals surface area (Å²) in [4.78, 5) is 15.8. The maximum absolute atomic E-state index is 13.2. The van der Waals surface area contributed by atoms with Crippen LogP contribution >= 0.6 is 0 Å². The average molecular weight is 330 g/mol. The fourth-order valence-electron chi connectivity index (χ4n) is 3.24. The van der Waals surface area contributed by atoms with Crippen molar-refractivity contribution in [3.05, 3.63) is 59.3 Å². The van der Waals surface area contributed by atoms with Crippen LogP contribution in [0.3, 0.4) is 0 Å². The van der Waals surface area contributed by atoms with Gasteiger partial charge in [-0.3, -0.25) is 9.69 Å². The molecule has 0 radical (unpaired) electrons. The number of rotatable bonds is 4. The Morgan fingerprint density at radius 3 is 2.67 bits per heavy atom. The van der Waals surface area contributed by atoms with Gasteiger partial charge in [0.15, 0.2) is 5.76 Å². The number of carbonyl (C=O) groups is 1. The van der Waals surface area contributed by atoms with Crippen molar-refractivity contribution >= 4 is 5.91 Å². The van der Waals surface area contributed by atoms with Crippen LogP contribution in [0.5, 0.6) is 0 Å². The molecule has 1 aliphatic heterocycles.